The molecule has 4 N–H and O–H groups in total. The molecule has 2 amide bonds. The zero-order valence-corrected chi connectivity index (χ0v) is 17.7. The van der Waals surface area contributed by atoms with Crippen LogP contribution in [0.15, 0.2) is 29.3 Å². The standard InChI is InChI=1S/C21H32N4O4/c1-5-22-17(24-19(28)29-20(2,3)4)23-16-11-9-10-15(14-16)21(25-18(26)27)12-7-6-8-13-21/h9-11,14,25H,5-8,12-13H2,1-4H3,(H,26,27)(H2,22,23,24,28). The van der Waals surface area contributed by atoms with E-state index in [2.05, 4.69) is 20.9 Å². The van der Waals surface area contributed by atoms with Crippen LogP contribution in [0.1, 0.15) is 65.4 Å². The number of carboxylic acid groups (broad SMARTS) is 1. The topological polar surface area (TPSA) is 112 Å². The Morgan fingerprint density at radius 1 is 1.21 bits per heavy atom. The maximum absolute atomic E-state index is 12.1. The van der Waals surface area contributed by atoms with Crippen LogP contribution in [-0.2, 0) is 10.3 Å². The van der Waals surface area contributed by atoms with Crippen LogP contribution in [0.4, 0.5) is 15.3 Å². The minimum absolute atomic E-state index is 0.280. The number of aliphatic imine (C=N–C) groups is 1. The molecule has 1 saturated carbocycles. The van der Waals surface area contributed by atoms with Gasteiger partial charge < -0.3 is 20.5 Å². The van der Waals surface area contributed by atoms with E-state index in [1.807, 2.05) is 31.2 Å². The van der Waals surface area contributed by atoms with Crippen LogP contribution in [0, 0.1) is 0 Å². The number of ether oxygens (including phenoxy) is 1. The summed E-state index contributed by atoms with van der Waals surface area (Å²) in [6.07, 6.45) is 2.95. The quantitative estimate of drug-likeness (QED) is 0.438. The van der Waals surface area contributed by atoms with E-state index in [0.717, 1.165) is 37.7 Å². The van der Waals surface area contributed by atoms with Gasteiger partial charge in [0.15, 0.2) is 0 Å². The van der Waals surface area contributed by atoms with E-state index < -0.39 is 23.3 Å². The van der Waals surface area contributed by atoms with Gasteiger partial charge in [0.25, 0.3) is 0 Å². The Kier molecular flexibility index (Phi) is 7.47. The Bertz CT molecular complexity index is 749. The average molecular weight is 405 g/mol. The summed E-state index contributed by atoms with van der Waals surface area (Å²) in [5.41, 5.74) is 0.403. The van der Waals surface area contributed by atoms with Crippen molar-refractivity contribution in [3.05, 3.63) is 29.8 Å². The van der Waals surface area contributed by atoms with Gasteiger partial charge in [0, 0.05) is 12.2 Å². The Labute approximate surface area is 172 Å². The molecule has 0 heterocycles. The van der Waals surface area contributed by atoms with Crippen molar-refractivity contribution in [1.29, 1.82) is 0 Å². The van der Waals surface area contributed by atoms with Crippen LogP contribution < -0.4 is 16.0 Å². The van der Waals surface area contributed by atoms with Gasteiger partial charge in [0.05, 0.1) is 5.54 Å². The molecule has 0 spiro atoms. The molecule has 0 radical (unpaired) electrons. The zero-order valence-electron chi connectivity index (χ0n) is 17.7. The average Bonchev–Trinajstić information content (AvgIpc) is 2.60. The molecule has 1 fully saturated rings. The fraction of sp³-hybridized carbons (Fsp3) is 0.571. The molecule has 0 atom stereocenters. The number of nitrogens with one attached hydrogen (secondary N) is 3. The lowest BCUT2D eigenvalue weighted by Crippen LogP contribution is -2.46. The monoisotopic (exact) mass is 404 g/mol. The number of nitrogens with zero attached hydrogens (tertiary/aromatic N) is 1. The highest BCUT2D eigenvalue weighted by Gasteiger charge is 2.35. The van der Waals surface area contributed by atoms with Crippen molar-refractivity contribution >= 4 is 23.8 Å². The van der Waals surface area contributed by atoms with Gasteiger partial charge in [-0.25, -0.2) is 9.59 Å². The lowest BCUT2D eigenvalue weighted by Gasteiger charge is -2.38. The third-order valence-electron chi connectivity index (χ3n) is 4.67. The molecule has 0 aromatic heterocycles. The Balaban J connectivity index is 2.21. The van der Waals surface area contributed by atoms with Gasteiger partial charge in [-0.1, -0.05) is 31.4 Å². The molecule has 1 aliphatic rings. The molecule has 160 valence electrons. The van der Waals surface area contributed by atoms with E-state index in [0.29, 0.717) is 12.2 Å². The number of benzene rings is 1. The predicted molar refractivity (Wildman–Crippen MR) is 113 cm³/mol. The number of carbonyl (C=O) groups excluding carboxylic acids is 1. The summed E-state index contributed by atoms with van der Waals surface area (Å²) in [5, 5.41) is 17.8. The Hall–Kier alpha value is -2.77. The molecule has 29 heavy (non-hydrogen) atoms. The van der Waals surface area contributed by atoms with Crippen LogP contribution in [0.2, 0.25) is 0 Å². The van der Waals surface area contributed by atoms with Crippen LogP contribution >= 0.6 is 0 Å². The summed E-state index contributed by atoms with van der Waals surface area (Å²) in [5.74, 6) is 0.280. The molecule has 1 aromatic carbocycles. The maximum atomic E-state index is 12.1. The normalized spacial score (nSPS) is 16.6. The van der Waals surface area contributed by atoms with Crippen molar-refractivity contribution in [2.45, 2.75) is 70.9 Å². The van der Waals surface area contributed by atoms with Crippen molar-refractivity contribution in [3.8, 4) is 0 Å². The van der Waals surface area contributed by atoms with Crippen molar-refractivity contribution in [3.63, 3.8) is 0 Å². The first kappa shape index (κ1) is 22.5. The first-order valence-electron chi connectivity index (χ1n) is 10.1. The molecular weight excluding hydrogens is 372 g/mol. The van der Waals surface area contributed by atoms with Crippen LogP contribution in [0.3, 0.4) is 0 Å². The second-order valence-corrected chi connectivity index (χ2v) is 8.23. The van der Waals surface area contributed by atoms with Crippen molar-refractivity contribution in [2.75, 3.05) is 11.9 Å². The van der Waals surface area contributed by atoms with E-state index in [1.54, 1.807) is 20.8 Å². The summed E-state index contributed by atoms with van der Waals surface area (Å²) >= 11 is 0. The van der Waals surface area contributed by atoms with Gasteiger partial charge in [-0.3, -0.25) is 10.3 Å². The number of guanidine groups is 1. The number of hydrogen-bond acceptors (Lipinski definition) is 4. The molecule has 0 aliphatic heterocycles. The van der Waals surface area contributed by atoms with Gasteiger partial charge >= 0.3 is 12.2 Å². The Morgan fingerprint density at radius 2 is 1.90 bits per heavy atom. The highest BCUT2D eigenvalue weighted by Crippen LogP contribution is 2.38. The minimum Gasteiger partial charge on any atom is -0.465 e. The number of rotatable bonds is 4. The van der Waals surface area contributed by atoms with Gasteiger partial charge in [-0.05, 0) is 58.2 Å². The van der Waals surface area contributed by atoms with E-state index in [1.165, 1.54) is 0 Å². The minimum atomic E-state index is -1.02. The van der Waals surface area contributed by atoms with Crippen LogP contribution in [0.5, 0.6) is 0 Å². The summed E-state index contributed by atoms with van der Waals surface area (Å²) in [6.45, 7) is 7.71. The predicted octanol–water partition coefficient (Wildman–Crippen LogP) is 4.43. The molecule has 0 unspecified atom stereocenters. The number of hydrogen-bond donors (Lipinski definition) is 4. The van der Waals surface area contributed by atoms with Crippen LogP contribution in [-0.4, -0.2) is 35.4 Å². The molecule has 2 rings (SSSR count). The summed E-state index contributed by atoms with van der Waals surface area (Å²) in [4.78, 5) is 27.8. The number of anilines is 1. The van der Waals surface area contributed by atoms with Crippen molar-refractivity contribution < 1.29 is 19.4 Å². The first-order valence-corrected chi connectivity index (χ1v) is 10.1. The highest BCUT2D eigenvalue weighted by molar-refractivity contribution is 6.02. The van der Waals surface area contributed by atoms with Crippen molar-refractivity contribution in [1.82, 2.24) is 10.6 Å². The van der Waals surface area contributed by atoms with Crippen LogP contribution in [0.25, 0.3) is 0 Å². The van der Waals surface area contributed by atoms with E-state index >= 15 is 0 Å². The smallest absolute Gasteiger partial charge is 0.414 e. The van der Waals surface area contributed by atoms with Crippen molar-refractivity contribution in [2.24, 2.45) is 4.99 Å². The fourth-order valence-corrected chi connectivity index (χ4v) is 3.55. The van der Waals surface area contributed by atoms with Gasteiger partial charge in [0.2, 0.25) is 5.96 Å². The van der Waals surface area contributed by atoms with Gasteiger partial charge in [0.1, 0.15) is 5.60 Å². The van der Waals surface area contributed by atoms with Gasteiger partial charge in [-0.15, -0.1) is 0 Å². The zero-order chi connectivity index (χ0) is 21.5. The maximum Gasteiger partial charge on any atom is 0.414 e. The van der Waals surface area contributed by atoms with E-state index in [9.17, 15) is 14.7 Å². The molecule has 0 bridgehead atoms. The SMILES string of the molecule is CCN=C(NC(=O)OC(C)(C)C)Nc1cccc(C2(NC(=O)O)CCCCC2)c1. The molecule has 1 aliphatic carbocycles. The molecule has 0 saturated heterocycles. The lowest BCUT2D eigenvalue weighted by molar-refractivity contribution is 0.0563. The third-order valence-corrected chi connectivity index (χ3v) is 4.67. The summed E-state index contributed by atoms with van der Waals surface area (Å²) < 4.78 is 5.28. The second kappa shape index (κ2) is 9.62. The molecule has 1 aromatic rings. The molecular formula is C21H32N4O4. The number of alkyl carbamates (subject to hydrolysis) is 1. The van der Waals surface area contributed by atoms with Gasteiger partial charge in [-0.2, -0.15) is 0 Å². The number of carbonyl (C=O) groups is 2. The van der Waals surface area contributed by atoms with E-state index in [-0.39, 0.29) is 5.96 Å². The third kappa shape index (κ3) is 6.96. The molecule has 8 heteroatoms. The lowest BCUT2D eigenvalue weighted by atomic mass is 9.76. The summed E-state index contributed by atoms with van der Waals surface area (Å²) in [6, 6.07) is 7.56. The van der Waals surface area contributed by atoms with E-state index in [4.69, 9.17) is 4.74 Å². The summed E-state index contributed by atoms with van der Waals surface area (Å²) in [7, 11) is 0. The first-order chi connectivity index (χ1) is 13.6. The number of amides is 2. The second-order valence-electron chi connectivity index (χ2n) is 8.23. The molecule has 8 nitrogen and oxygen atoms in total. The largest absolute Gasteiger partial charge is 0.465 e. The fourth-order valence-electron chi connectivity index (χ4n) is 3.55. The Morgan fingerprint density at radius 3 is 2.48 bits per heavy atom. The highest BCUT2D eigenvalue weighted by atomic mass is 16.6.